The standard InChI is InChI=1S/C13H25NO3/c1-10(2)11(12(15)17-4)13(16)6-5-8-14(3)9-7-13/h10-11,16H,5-9H2,1-4H3. The summed E-state index contributed by atoms with van der Waals surface area (Å²) in [5, 5.41) is 10.8. The van der Waals surface area contributed by atoms with E-state index >= 15 is 0 Å². The van der Waals surface area contributed by atoms with Crippen LogP contribution in [0.25, 0.3) is 0 Å². The molecule has 2 unspecified atom stereocenters. The van der Waals surface area contributed by atoms with Crippen molar-refractivity contribution in [1.29, 1.82) is 0 Å². The number of methoxy groups -OCH3 is 1. The molecule has 0 aromatic carbocycles. The number of nitrogens with zero attached hydrogens (tertiary/aromatic N) is 1. The monoisotopic (exact) mass is 243 g/mol. The van der Waals surface area contributed by atoms with E-state index in [1.54, 1.807) is 0 Å². The van der Waals surface area contributed by atoms with Gasteiger partial charge in [0, 0.05) is 6.54 Å². The second-order valence-electron chi connectivity index (χ2n) is 5.51. The van der Waals surface area contributed by atoms with Crippen LogP contribution in [0, 0.1) is 11.8 Å². The lowest BCUT2D eigenvalue weighted by atomic mass is 9.75. The fraction of sp³-hybridized carbons (Fsp3) is 0.923. The molecule has 0 saturated carbocycles. The molecule has 0 aliphatic carbocycles. The molecule has 0 amide bonds. The van der Waals surface area contributed by atoms with Gasteiger partial charge >= 0.3 is 5.97 Å². The minimum absolute atomic E-state index is 0.0934. The van der Waals surface area contributed by atoms with Crippen LogP contribution in [-0.2, 0) is 9.53 Å². The Bertz CT molecular complexity index is 267. The third-order valence-electron chi connectivity index (χ3n) is 3.78. The summed E-state index contributed by atoms with van der Waals surface area (Å²) in [6.07, 6.45) is 2.24. The van der Waals surface area contributed by atoms with Gasteiger partial charge in [-0.1, -0.05) is 13.8 Å². The number of carbonyl (C=O) groups excluding carboxylic acids is 1. The van der Waals surface area contributed by atoms with Crippen LogP contribution in [0.15, 0.2) is 0 Å². The third kappa shape index (κ3) is 3.42. The van der Waals surface area contributed by atoms with E-state index in [0.717, 1.165) is 19.5 Å². The van der Waals surface area contributed by atoms with E-state index in [9.17, 15) is 9.90 Å². The molecule has 1 heterocycles. The lowest BCUT2D eigenvalue weighted by molar-refractivity contribution is -0.160. The zero-order chi connectivity index (χ0) is 13.1. The van der Waals surface area contributed by atoms with Crippen LogP contribution in [0.5, 0.6) is 0 Å². The van der Waals surface area contributed by atoms with Gasteiger partial charge in [-0.25, -0.2) is 0 Å². The number of ether oxygens (including phenoxy) is 1. The first kappa shape index (κ1) is 14.5. The molecule has 0 spiro atoms. The Kier molecular flexibility index (Phi) is 4.95. The first-order chi connectivity index (χ1) is 7.90. The Morgan fingerprint density at radius 2 is 2.00 bits per heavy atom. The molecule has 100 valence electrons. The van der Waals surface area contributed by atoms with Crippen LogP contribution in [0.2, 0.25) is 0 Å². The minimum atomic E-state index is -0.911. The molecule has 2 atom stereocenters. The van der Waals surface area contributed by atoms with E-state index < -0.39 is 11.5 Å². The quantitative estimate of drug-likeness (QED) is 0.759. The van der Waals surface area contributed by atoms with Crippen LogP contribution in [0.1, 0.15) is 33.1 Å². The molecule has 4 nitrogen and oxygen atoms in total. The molecule has 1 fully saturated rings. The Hall–Kier alpha value is -0.610. The van der Waals surface area contributed by atoms with Gasteiger partial charge in [0.15, 0.2) is 0 Å². The van der Waals surface area contributed by atoms with Crippen molar-refractivity contribution in [3.8, 4) is 0 Å². The minimum Gasteiger partial charge on any atom is -0.469 e. The summed E-state index contributed by atoms with van der Waals surface area (Å²) in [6, 6.07) is 0. The van der Waals surface area contributed by atoms with E-state index in [1.807, 2.05) is 20.9 Å². The summed E-state index contributed by atoms with van der Waals surface area (Å²) in [4.78, 5) is 14.1. The fourth-order valence-electron chi connectivity index (χ4n) is 2.83. The third-order valence-corrected chi connectivity index (χ3v) is 3.78. The lowest BCUT2D eigenvalue weighted by Gasteiger charge is -2.36. The fourth-order valence-corrected chi connectivity index (χ4v) is 2.83. The molecule has 17 heavy (non-hydrogen) atoms. The smallest absolute Gasteiger partial charge is 0.311 e. The molecule has 1 rings (SSSR count). The highest BCUT2D eigenvalue weighted by molar-refractivity contribution is 5.74. The van der Waals surface area contributed by atoms with Crippen molar-refractivity contribution in [3.63, 3.8) is 0 Å². The van der Waals surface area contributed by atoms with E-state index in [4.69, 9.17) is 4.74 Å². The number of aliphatic hydroxyl groups is 1. The highest BCUT2D eigenvalue weighted by atomic mass is 16.5. The van der Waals surface area contributed by atoms with Crippen molar-refractivity contribution in [2.75, 3.05) is 27.2 Å². The zero-order valence-electron chi connectivity index (χ0n) is 11.4. The highest BCUT2D eigenvalue weighted by Crippen LogP contribution is 2.35. The Labute approximate surface area is 104 Å². The van der Waals surface area contributed by atoms with Crippen molar-refractivity contribution in [1.82, 2.24) is 4.90 Å². The summed E-state index contributed by atoms with van der Waals surface area (Å²) >= 11 is 0. The number of hydrogen-bond donors (Lipinski definition) is 1. The molecule has 4 heteroatoms. The summed E-state index contributed by atoms with van der Waals surface area (Å²) in [6.45, 7) is 5.74. The number of rotatable bonds is 3. The second-order valence-corrected chi connectivity index (χ2v) is 5.51. The second kappa shape index (κ2) is 5.83. The molecule has 0 bridgehead atoms. The van der Waals surface area contributed by atoms with Crippen molar-refractivity contribution in [2.24, 2.45) is 11.8 Å². The maximum absolute atomic E-state index is 11.9. The van der Waals surface area contributed by atoms with Crippen LogP contribution in [0.3, 0.4) is 0 Å². The lowest BCUT2D eigenvalue weighted by Crippen LogP contribution is -2.46. The summed E-state index contributed by atoms with van der Waals surface area (Å²) in [5.41, 5.74) is -0.911. The SMILES string of the molecule is COC(=O)C(C(C)C)C1(O)CCCN(C)CC1. The van der Waals surface area contributed by atoms with Crippen molar-refractivity contribution >= 4 is 5.97 Å². The summed E-state index contributed by atoms with van der Waals surface area (Å²) in [7, 11) is 3.44. The van der Waals surface area contributed by atoms with Crippen molar-refractivity contribution in [3.05, 3.63) is 0 Å². The molecule has 0 aromatic rings. The summed E-state index contributed by atoms with van der Waals surface area (Å²) in [5.74, 6) is -0.609. The number of likely N-dealkylation sites (tertiary alicyclic amines) is 1. The molecular weight excluding hydrogens is 218 g/mol. The maximum Gasteiger partial charge on any atom is 0.311 e. The molecule has 0 radical (unpaired) electrons. The largest absolute Gasteiger partial charge is 0.469 e. The Morgan fingerprint density at radius 1 is 1.35 bits per heavy atom. The van der Waals surface area contributed by atoms with Gasteiger partial charge < -0.3 is 14.7 Å². The number of carbonyl (C=O) groups is 1. The predicted octanol–water partition coefficient (Wildman–Crippen LogP) is 1.28. The number of hydrogen-bond acceptors (Lipinski definition) is 4. The van der Waals surface area contributed by atoms with Crippen molar-refractivity contribution < 1.29 is 14.6 Å². The average molecular weight is 243 g/mol. The molecule has 1 aliphatic heterocycles. The zero-order valence-corrected chi connectivity index (χ0v) is 11.4. The Morgan fingerprint density at radius 3 is 2.53 bits per heavy atom. The first-order valence-corrected chi connectivity index (χ1v) is 6.39. The molecule has 1 N–H and O–H groups in total. The van der Waals surface area contributed by atoms with Gasteiger partial charge in [0.1, 0.15) is 0 Å². The van der Waals surface area contributed by atoms with E-state index in [0.29, 0.717) is 12.8 Å². The Balaban J connectivity index is 2.87. The molecule has 1 saturated heterocycles. The summed E-state index contributed by atoms with van der Waals surface area (Å²) < 4.78 is 4.85. The predicted molar refractivity (Wildman–Crippen MR) is 66.6 cm³/mol. The molecule has 1 aliphatic rings. The molecule has 0 aromatic heterocycles. The average Bonchev–Trinajstić information content (AvgIpc) is 2.41. The first-order valence-electron chi connectivity index (χ1n) is 6.39. The van der Waals surface area contributed by atoms with Crippen molar-refractivity contribution in [2.45, 2.75) is 38.7 Å². The normalized spacial score (nSPS) is 28.8. The number of esters is 1. The van der Waals surface area contributed by atoms with Gasteiger partial charge in [0.25, 0.3) is 0 Å². The maximum atomic E-state index is 11.9. The molecular formula is C13H25NO3. The van der Waals surface area contributed by atoms with Gasteiger partial charge in [-0.05, 0) is 38.8 Å². The van der Waals surface area contributed by atoms with Gasteiger partial charge in [-0.2, -0.15) is 0 Å². The van der Waals surface area contributed by atoms with Gasteiger partial charge in [-0.3, -0.25) is 4.79 Å². The van der Waals surface area contributed by atoms with E-state index in [-0.39, 0.29) is 11.9 Å². The van der Waals surface area contributed by atoms with Crippen LogP contribution in [-0.4, -0.2) is 48.8 Å². The van der Waals surface area contributed by atoms with Crippen LogP contribution in [0.4, 0.5) is 0 Å². The van der Waals surface area contributed by atoms with Gasteiger partial charge in [-0.15, -0.1) is 0 Å². The highest BCUT2D eigenvalue weighted by Gasteiger charge is 2.44. The van der Waals surface area contributed by atoms with Gasteiger partial charge in [0.05, 0.1) is 18.6 Å². The van der Waals surface area contributed by atoms with Gasteiger partial charge in [0.2, 0.25) is 0 Å². The van der Waals surface area contributed by atoms with Crippen LogP contribution < -0.4 is 0 Å². The topological polar surface area (TPSA) is 49.8 Å². The van der Waals surface area contributed by atoms with E-state index in [1.165, 1.54) is 7.11 Å². The van der Waals surface area contributed by atoms with Crippen LogP contribution >= 0.6 is 0 Å². The van der Waals surface area contributed by atoms with E-state index in [2.05, 4.69) is 4.90 Å².